The lowest BCUT2D eigenvalue weighted by atomic mass is 10.1. The maximum atomic E-state index is 12.1. The van der Waals surface area contributed by atoms with Gasteiger partial charge in [-0.3, -0.25) is 4.79 Å². The van der Waals surface area contributed by atoms with E-state index in [1.807, 2.05) is 31.2 Å². The quantitative estimate of drug-likeness (QED) is 0.880. The molecular formula is C16H21N5O2. The number of hydrogen-bond acceptors (Lipinski definition) is 5. The number of carbonyl (C=O) groups excluding carboxylic acids is 1. The molecule has 7 heteroatoms. The van der Waals surface area contributed by atoms with Crippen LogP contribution >= 0.6 is 0 Å². The molecule has 1 N–H and O–H groups in total. The highest BCUT2D eigenvalue weighted by Gasteiger charge is 2.22. The average Bonchev–Trinajstić information content (AvgIpc) is 3.25. The Morgan fingerprint density at radius 2 is 2.04 bits per heavy atom. The molecule has 1 fully saturated rings. The van der Waals surface area contributed by atoms with Crippen molar-refractivity contribution in [1.29, 1.82) is 0 Å². The molecule has 2 aromatic rings. The van der Waals surface area contributed by atoms with Crippen molar-refractivity contribution in [3.63, 3.8) is 0 Å². The first kappa shape index (κ1) is 15.5. The van der Waals surface area contributed by atoms with Crippen molar-refractivity contribution in [2.24, 2.45) is 5.92 Å². The van der Waals surface area contributed by atoms with Crippen LogP contribution in [0.3, 0.4) is 0 Å². The second-order valence-corrected chi connectivity index (χ2v) is 5.63. The highest BCUT2D eigenvalue weighted by Crippen LogP contribution is 2.24. The number of rotatable bonds is 6. The smallest absolute Gasteiger partial charge is 0.223 e. The molecule has 1 aliphatic rings. The van der Waals surface area contributed by atoms with E-state index in [0.29, 0.717) is 19.0 Å². The Labute approximate surface area is 135 Å². The molecule has 0 bridgehead atoms. The standard InChI is InChI=1S/C16H21N5O2/c1-2-23-14-9-7-13(8-10-14)21-15(18-19-20-21)11-17-16(22)12-5-3-4-6-12/h7-10,12H,2-6,11H2,1H3,(H,17,22). The summed E-state index contributed by atoms with van der Waals surface area (Å²) in [5.41, 5.74) is 0.837. The zero-order valence-corrected chi connectivity index (χ0v) is 13.2. The summed E-state index contributed by atoms with van der Waals surface area (Å²) in [4.78, 5) is 12.1. The van der Waals surface area contributed by atoms with Crippen LogP contribution in [0.5, 0.6) is 5.75 Å². The number of ether oxygens (including phenoxy) is 1. The van der Waals surface area contributed by atoms with Crippen molar-refractivity contribution in [2.75, 3.05) is 6.61 Å². The molecule has 3 rings (SSSR count). The van der Waals surface area contributed by atoms with Crippen LogP contribution in [0, 0.1) is 5.92 Å². The lowest BCUT2D eigenvalue weighted by molar-refractivity contribution is -0.125. The fraction of sp³-hybridized carbons (Fsp3) is 0.500. The molecular weight excluding hydrogens is 294 g/mol. The van der Waals surface area contributed by atoms with Crippen molar-refractivity contribution in [2.45, 2.75) is 39.2 Å². The van der Waals surface area contributed by atoms with E-state index in [-0.39, 0.29) is 11.8 Å². The van der Waals surface area contributed by atoms with E-state index in [1.54, 1.807) is 4.68 Å². The summed E-state index contributed by atoms with van der Waals surface area (Å²) in [6.07, 6.45) is 4.25. The average molecular weight is 315 g/mol. The Morgan fingerprint density at radius 3 is 2.74 bits per heavy atom. The molecule has 1 saturated carbocycles. The second kappa shape index (κ2) is 7.21. The molecule has 0 spiro atoms. The number of carbonyl (C=O) groups is 1. The molecule has 0 radical (unpaired) electrons. The van der Waals surface area contributed by atoms with Gasteiger partial charge in [0.05, 0.1) is 18.8 Å². The lowest BCUT2D eigenvalue weighted by Gasteiger charge is -2.10. The molecule has 0 saturated heterocycles. The van der Waals surface area contributed by atoms with Gasteiger partial charge >= 0.3 is 0 Å². The van der Waals surface area contributed by atoms with E-state index in [2.05, 4.69) is 20.8 Å². The third-order valence-corrected chi connectivity index (χ3v) is 4.07. The van der Waals surface area contributed by atoms with E-state index >= 15 is 0 Å². The first-order chi connectivity index (χ1) is 11.3. The van der Waals surface area contributed by atoms with Gasteiger partial charge in [0.25, 0.3) is 0 Å². The minimum atomic E-state index is 0.101. The summed E-state index contributed by atoms with van der Waals surface area (Å²) in [5, 5.41) is 14.7. The van der Waals surface area contributed by atoms with Crippen LogP contribution in [0.4, 0.5) is 0 Å². The molecule has 1 aliphatic carbocycles. The van der Waals surface area contributed by atoms with Gasteiger partial charge in [0.15, 0.2) is 5.82 Å². The number of benzene rings is 1. The van der Waals surface area contributed by atoms with Crippen LogP contribution in [-0.4, -0.2) is 32.7 Å². The molecule has 122 valence electrons. The van der Waals surface area contributed by atoms with Crippen molar-refractivity contribution in [3.05, 3.63) is 30.1 Å². The molecule has 0 aliphatic heterocycles. The molecule has 7 nitrogen and oxygen atoms in total. The predicted octanol–water partition coefficient (Wildman–Crippen LogP) is 1.87. The van der Waals surface area contributed by atoms with Crippen molar-refractivity contribution >= 4 is 5.91 Å². The van der Waals surface area contributed by atoms with Crippen LogP contribution < -0.4 is 10.1 Å². The maximum absolute atomic E-state index is 12.1. The molecule has 1 aromatic heterocycles. The first-order valence-corrected chi connectivity index (χ1v) is 8.06. The van der Waals surface area contributed by atoms with Gasteiger partial charge in [-0.2, -0.15) is 4.68 Å². The zero-order valence-electron chi connectivity index (χ0n) is 13.2. The van der Waals surface area contributed by atoms with Gasteiger partial charge in [-0.15, -0.1) is 5.10 Å². The summed E-state index contributed by atoms with van der Waals surface area (Å²) < 4.78 is 7.06. The molecule has 1 aromatic carbocycles. The molecule has 1 amide bonds. The van der Waals surface area contributed by atoms with Crippen molar-refractivity contribution in [3.8, 4) is 11.4 Å². The van der Waals surface area contributed by atoms with Crippen LogP contribution in [0.1, 0.15) is 38.4 Å². The summed E-state index contributed by atoms with van der Waals surface area (Å²) in [7, 11) is 0. The number of tetrazole rings is 1. The Morgan fingerprint density at radius 1 is 1.30 bits per heavy atom. The number of aromatic nitrogens is 4. The topological polar surface area (TPSA) is 81.9 Å². The fourth-order valence-electron chi connectivity index (χ4n) is 2.87. The van der Waals surface area contributed by atoms with E-state index < -0.39 is 0 Å². The summed E-state index contributed by atoms with van der Waals surface area (Å²) >= 11 is 0. The Kier molecular flexibility index (Phi) is 4.85. The van der Waals surface area contributed by atoms with E-state index in [4.69, 9.17) is 4.74 Å². The van der Waals surface area contributed by atoms with Gasteiger partial charge < -0.3 is 10.1 Å². The largest absolute Gasteiger partial charge is 0.494 e. The van der Waals surface area contributed by atoms with Gasteiger partial charge in [0.1, 0.15) is 5.75 Å². The zero-order chi connectivity index (χ0) is 16.1. The highest BCUT2D eigenvalue weighted by atomic mass is 16.5. The first-order valence-electron chi connectivity index (χ1n) is 8.06. The van der Waals surface area contributed by atoms with Crippen molar-refractivity contribution < 1.29 is 9.53 Å². The second-order valence-electron chi connectivity index (χ2n) is 5.63. The van der Waals surface area contributed by atoms with Crippen LogP contribution in [0.15, 0.2) is 24.3 Å². The van der Waals surface area contributed by atoms with Crippen molar-refractivity contribution in [1.82, 2.24) is 25.5 Å². The SMILES string of the molecule is CCOc1ccc(-n2nnnc2CNC(=O)C2CCCC2)cc1. The maximum Gasteiger partial charge on any atom is 0.223 e. The van der Waals surface area contributed by atoms with Crippen LogP contribution in [0.25, 0.3) is 5.69 Å². The third kappa shape index (κ3) is 3.67. The summed E-state index contributed by atoms with van der Waals surface area (Å²) in [5.74, 6) is 1.66. The Hall–Kier alpha value is -2.44. The molecule has 0 unspecified atom stereocenters. The number of amides is 1. The van der Waals surface area contributed by atoms with Gasteiger partial charge in [0, 0.05) is 5.92 Å². The summed E-state index contributed by atoms with van der Waals surface area (Å²) in [6.45, 7) is 2.90. The van der Waals surface area contributed by atoms with E-state index in [0.717, 1.165) is 37.1 Å². The minimum absolute atomic E-state index is 0.101. The lowest BCUT2D eigenvalue weighted by Crippen LogP contribution is -2.29. The van der Waals surface area contributed by atoms with Crippen LogP contribution in [-0.2, 0) is 11.3 Å². The monoisotopic (exact) mass is 315 g/mol. The predicted molar refractivity (Wildman–Crippen MR) is 84.1 cm³/mol. The number of hydrogen-bond donors (Lipinski definition) is 1. The Balaban J connectivity index is 1.65. The number of nitrogens with one attached hydrogen (secondary N) is 1. The molecule has 1 heterocycles. The number of nitrogens with zero attached hydrogens (tertiary/aromatic N) is 4. The van der Waals surface area contributed by atoms with Gasteiger partial charge in [-0.25, -0.2) is 0 Å². The van der Waals surface area contributed by atoms with E-state index in [1.165, 1.54) is 0 Å². The highest BCUT2D eigenvalue weighted by molar-refractivity contribution is 5.78. The van der Waals surface area contributed by atoms with Gasteiger partial charge in [-0.05, 0) is 54.5 Å². The van der Waals surface area contributed by atoms with Gasteiger partial charge in [0.2, 0.25) is 5.91 Å². The third-order valence-electron chi connectivity index (χ3n) is 4.07. The minimum Gasteiger partial charge on any atom is -0.494 e. The normalized spacial score (nSPS) is 14.8. The summed E-state index contributed by atoms with van der Waals surface area (Å²) in [6, 6.07) is 7.54. The fourth-order valence-corrected chi connectivity index (χ4v) is 2.87. The molecule has 23 heavy (non-hydrogen) atoms. The van der Waals surface area contributed by atoms with Crippen LogP contribution in [0.2, 0.25) is 0 Å². The molecule has 0 atom stereocenters. The Bertz CT molecular complexity index is 647. The van der Waals surface area contributed by atoms with Gasteiger partial charge in [-0.1, -0.05) is 12.8 Å². The van der Waals surface area contributed by atoms with E-state index in [9.17, 15) is 4.79 Å².